The minimum Gasteiger partial charge on any atom is -0.298 e. The van der Waals surface area contributed by atoms with Crippen molar-refractivity contribution >= 4 is 12.1 Å². The first-order valence-corrected chi connectivity index (χ1v) is 4.25. The van der Waals surface area contributed by atoms with Gasteiger partial charge in [0.2, 0.25) is 0 Å². The second-order valence-electron chi connectivity index (χ2n) is 3.22. The van der Waals surface area contributed by atoms with Crippen LogP contribution >= 0.6 is 0 Å². The monoisotopic (exact) mass is 176 g/mol. The summed E-state index contributed by atoms with van der Waals surface area (Å²) in [6, 6.07) is 6.86. The summed E-state index contributed by atoms with van der Waals surface area (Å²) >= 11 is 0. The minimum atomic E-state index is -0.0684. The van der Waals surface area contributed by atoms with E-state index in [0.717, 1.165) is 6.29 Å². The molecule has 0 aliphatic heterocycles. The Balaban J connectivity index is 3.13. The lowest BCUT2D eigenvalue weighted by Gasteiger charge is -2.05. The molecule has 0 aromatic heterocycles. The van der Waals surface area contributed by atoms with Crippen LogP contribution in [0.25, 0.3) is 0 Å². The molecule has 0 amide bonds. The molecule has 0 radical (unpaired) electrons. The molecule has 1 aromatic carbocycles. The standard InChI is InChI=1S/C11H12O2/c1-8(2)11(13)10-6-4-3-5-9(10)7-12/h3-8H,1-2H3. The largest absolute Gasteiger partial charge is 0.298 e. The van der Waals surface area contributed by atoms with Crippen molar-refractivity contribution < 1.29 is 9.59 Å². The Morgan fingerprint density at radius 1 is 1.31 bits per heavy atom. The highest BCUT2D eigenvalue weighted by molar-refractivity contribution is 6.03. The van der Waals surface area contributed by atoms with Crippen molar-refractivity contribution in [3.05, 3.63) is 35.4 Å². The maximum absolute atomic E-state index is 11.6. The van der Waals surface area contributed by atoms with Gasteiger partial charge in [0.25, 0.3) is 0 Å². The minimum absolute atomic E-state index is 0.0164. The highest BCUT2D eigenvalue weighted by Gasteiger charge is 2.13. The second-order valence-corrected chi connectivity index (χ2v) is 3.22. The van der Waals surface area contributed by atoms with Crippen molar-refractivity contribution in [1.82, 2.24) is 0 Å². The third kappa shape index (κ3) is 2.02. The predicted octanol–water partition coefficient (Wildman–Crippen LogP) is 2.34. The van der Waals surface area contributed by atoms with Gasteiger partial charge in [-0.3, -0.25) is 9.59 Å². The maximum Gasteiger partial charge on any atom is 0.166 e. The van der Waals surface area contributed by atoms with Gasteiger partial charge in [-0.25, -0.2) is 0 Å². The summed E-state index contributed by atoms with van der Waals surface area (Å²) in [6.07, 6.45) is 0.718. The van der Waals surface area contributed by atoms with Crippen molar-refractivity contribution in [1.29, 1.82) is 0 Å². The van der Waals surface area contributed by atoms with E-state index in [1.165, 1.54) is 0 Å². The Morgan fingerprint density at radius 2 is 1.92 bits per heavy atom. The van der Waals surface area contributed by atoms with Gasteiger partial charge in [0.15, 0.2) is 12.1 Å². The molecule has 1 rings (SSSR count). The fraction of sp³-hybridized carbons (Fsp3) is 0.273. The highest BCUT2D eigenvalue weighted by atomic mass is 16.1. The zero-order chi connectivity index (χ0) is 9.84. The molecule has 0 bridgehead atoms. The molecular weight excluding hydrogens is 164 g/mol. The van der Waals surface area contributed by atoms with Crippen LogP contribution < -0.4 is 0 Å². The van der Waals surface area contributed by atoms with E-state index in [2.05, 4.69) is 0 Å². The molecule has 0 heterocycles. The van der Waals surface area contributed by atoms with Gasteiger partial charge in [-0.05, 0) is 0 Å². The quantitative estimate of drug-likeness (QED) is 0.523. The molecule has 13 heavy (non-hydrogen) atoms. The van der Waals surface area contributed by atoms with Crippen LogP contribution in [-0.2, 0) is 0 Å². The predicted molar refractivity (Wildman–Crippen MR) is 51.0 cm³/mol. The van der Waals surface area contributed by atoms with Gasteiger partial charge in [0.05, 0.1) is 0 Å². The summed E-state index contributed by atoms with van der Waals surface area (Å²) in [4.78, 5) is 22.2. The second kappa shape index (κ2) is 3.99. The van der Waals surface area contributed by atoms with Crippen molar-refractivity contribution in [2.75, 3.05) is 0 Å². The third-order valence-corrected chi connectivity index (χ3v) is 1.88. The normalized spacial score (nSPS) is 10.1. The molecule has 0 saturated carbocycles. The zero-order valence-electron chi connectivity index (χ0n) is 7.78. The van der Waals surface area contributed by atoms with Crippen LogP contribution in [0.15, 0.2) is 24.3 Å². The van der Waals surface area contributed by atoms with E-state index in [1.807, 2.05) is 13.8 Å². The number of ketones is 1. The summed E-state index contributed by atoms with van der Waals surface area (Å²) in [5.74, 6) is -0.0520. The lowest BCUT2D eigenvalue weighted by Crippen LogP contribution is -2.09. The molecule has 0 spiro atoms. The fourth-order valence-electron chi connectivity index (χ4n) is 1.14. The number of aldehydes is 1. The van der Waals surface area contributed by atoms with Crippen LogP contribution in [0.4, 0.5) is 0 Å². The van der Waals surface area contributed by atoms with Crippen LogP contribution in [0.1, 0.15) is 34.6 Å². The lowest BCUT2D eigenvalue weighted by atomic mass is 9.97. The van der Waals surface area contributed by atoms with Gasteiger partial charge in [-0.2, -0.15) is 0 Å². The Morgan fingerprint density at radius 3 is 2.46 bits per heavy atom. The van der Waals surface area contributed by atoms with E-state index in [9.17, 15) is 9.59 Å². The number of Topliss-reactive ketones (excluding diaryl/α,β-unsaturated/α-hetero) is 1. The number of rotatable bonds is 3. The van der Waals surface area contributed by atoms with Crippen LogP contribution in [0.5, 0.6) is 0 Å². The number of benzene rings is 1. The van der Waals surface area contributed by atoms with E-state index in [-0.39, 0.29) is 11.7 Å². The third-order valence-electron chi connectivity index (χ3n) is 1.88. The molecule has 0 aliphatic rings. The Hall–Kier alpha value is -1.44. The number of carbonyl (C=O) groups is 2. The van der Waals surface area contributed by atoms with Gasteiger partial charge in [-0.1, -0.05) is 38.1 Å². The smallest absolute Gasteiger partial charge is 0.166 e. The maximum atomic E-state index is 11.6. The van der Waals surface area contributed by atoms with Gasteiger partial charge < -0.3 is 0 Å². The molecule has 0 unspecified atom stereocenters. The summed E-state index contributed by atoms with van der Waals surface area (Å²) in [5, 5.41) is 0. The highest BCUT2D eigenvalue weighted by Crippen LogP contribution is 2.11. The molecule has 0 saturated heterocycles. The molecule has 68 valence electrons. The number of hydrogen-bond donors (Lipinski definition) is 0. The summed E-state index contributed by atoms with van der Waals surface area (Å²) in [7, 11) is 0. The summed E-state index contributed by atoms with van der Waals surface area (Å²) < 4.78 is 0. The van der Waals surface area contributed by atoms with Crippen molar-refractivity contribution in [2.45, 2.75) is 13.8 Å². The van der Waals surface area contributed by atoms with Crippen LogP contribution in [0, 0.1) is 5.92 Å². The Bertz CT molecular complexity index is 327. The molecule has 0 atom stereocenters. The van der Waals surface area contributed by atoms with Gasteiger partial charge in [0, 0.05) is 17.0 Å². The molecule has 0 N–H and O–H groups in total. The average molecular weight is 176 g/mol. The van der Waals surface area contributed by atoms with Crippen molar-refractivity contribution in [2.24, 2.45) is 5.92 Å². The first-order chi connectivity index (χ1) is 6.16. The van der Waals surface area contributed by atoms with E-state index < -0.39 is 0 Å². The number of carbonyl (C=O) groups excluding carboxylic acids is 2. The molecule has 0 fully saturated rings. The van der Waals surface area contributed by atoms with Gasteiger partial charge >= 0.3 is 0 Å². The van der Waals surface area contributed by atoms with E-state index in [0.29, 0.717) is 11.1 Å². The molecular formula is C11H12O2. The summed E-state index contributed by atoms with van der Waals surface area (Å²) in [6.45, 7) is 3.65. The van der Waals surface area contributed by atoms with E-state index in [1.54, 1.807) is 24.3 Å². The topological polar surface area (TPSA) is 34.1 Å². The number of hydrogen-bond acceptors (Lipinski definition) is 2. The fourth-order valence-corrected chi connectivity index (χ4v) is 1.14. The van der Waals surface area contributed by atoms with Crippen molar-refractivity contribution in [3.8, 4) is 0 Å². The Labute approximate surface area is 77.6 Å². The first-order valence-electron chi connectivity index (χ1n) is 4.25. The summed E-state index contributed by atoms with van der Waals surface area (Å²) in [5.41, 5.74) is 0.994. The van der Waals surface area contributed by atoms with Crippen LogP contribution in [-0.4, -0.2) is 12.1 Å². The molecule has 0 aliphatic carbocycles. The molecule has 2 heteroatoms. The first kappa shape index (κ1) is 9.65. The lowest BCUT2D eigenvalue weighted by molar-refractivity contribution is 0.0934. The van der Waals surface area contributed by atoms with Crippen LogP contribution in [0.2, 0.25) is 0 Å². The SMILES string of the molecule is CC(C)C(=O)c1ccccc1C=O. The van der Waals surface area contributed by atoms with Crippen LogP contribution in [0.3, 0.4) is 0 Å². The zero-order valence-corrected chi connectivity index (χ0v) is 7.78. The van der Waals surface area contributed by atoms with Gasteiger partial charge in [0.1, 0.15) is 0 Å². The molecule has 2 nitrogen and oxygen atoms in total. The van der Waals surface area contributed by atoms with E-state index >= 15 is 0 Å². The molecule has 1 aromatic rings. The average Bonchev–Trinajstić information content (AvgIpc) is 2.16. The van der Waals surface area contributed by atoms with Gasteiger partial charge in [-0.15, -0.1) is 0 Å². The van der Waals surface area contributed by atoms with E-state index in [4.69, 9.17) is 0 Å². The Kier molecular flexibility index (Phi) is 2.96. The van der Waals surface area contributed by atoms with Crippen molar-refractivity contribution in [3.63, 3.8) is 0 Å².